The molecule has 0 aromatic rings. The lowest BCUT2D eigenvalue weighted by Gasteiger charge is -2.40. The zero-order valence-electron chi connectivity index (χ0n) is 48.5. The molecule has 1 aliphatic heterocycles. The van der Waals surface area contributed by atoms with Crippen LogP contribution < -0.4 is 5.32 Å². The van der Waals surface area contributed by atoms with Gasteiger partial charge in [0.2, 0.25) is 5.91 Å². The minimum Gasteiger partial charge on any atom is -0.466 e. The predicted octanol–water partition coefficient (Wildman–Crippen LogP) is 15.1. The maximum Gasteiger partial charge on any atom is 0.305 e. The minimum absolute atomic E-state index is 0.00210. The molecule has 11 heteroatoms. The Morgan fingerprint density at radius 3 is 1.32 bits per heavy atom. The van der Waals surface area contributed by atoms with Crippen LogP contribution in [0.3, 0.4) is 0 Å². The first-order valence-corrected chi connectivity index (χ1v) is 31.8. The van der Waals surface area contributed by atoms with Gasteiger partial charge >= 0.3 is 5.97 Å². The highest BCUT2D eigenvalue weighted by Crippen LogP contribution is 2.23. The quantitative estimate of drug-likeness (QED) is 0.0195. The molecule has 1 amide bonds. The Morgan fingerprint density at radius 2 is 0.867 bits per heavy atom. The average Bonchev–Trinajstić information content (AvgIpc) is 3.41. The lowest BCUT2D eigenvalue weighted by atomic mass is 9.99. The minimum atomic E-state index is -1.58. The van der Waals surface area contributed by atoms with Crippen molar-refractivity contribution in [3.05, 3.63) is 36.5 Å². The van der Waals surface area contributed by atoms with Gasteiger partial charge in [-0.1, -0.05) is 249 Å². The summed E-state index contributed by atoms with van der Waals surface area (Å²) in [5.41, 5.74) is 0. The normalized spacial score (nSPS) is 18.9. The Hall–Kier alpha value is -2.12. The molecule has 7 unspecified atom stereocenters. The van der Waals surface area contributed by atoms with Crippen LogP contribution in [0.5, 0.6) is 0 Å². The van der Waals surface area contributed by atoms with Crippen molar-refractivity contribution >= 4 is 11.9 Å². The average molecular weight is 1060 g/mol. The number of unbranched alkanes of at least 4 members (excludes halogenated alkanes) is 37. The van der Waals surface area contributed by atoms with Gasteiger partial charge < -0.3 is 45.1 Å². The molecule has 1 aliphatic rings. The molecule has 0 aromatic carbocycles. The van der Waals surface area contributed by atoms with Crippen molar-refractivity contribution < 1.29 is 49.3 Å². The summed E-state index contributed by atoms with van der Waals surface area (Å²) in [5, 5.41) is 54.3. The topological polar surface area (TPSA) is 175 Å². The highest BCUT2D eigenvalue weighted by Gasteiger charge is 2.44. The lowest BCUT2D eigenvalue weighted by molar-refractivity contribution is -0.302. The first-order chi connectivity index (χ1) is 36.7. The molecule has 7 atom stereocenters. The molecule has 1 saturated heterocycles. The third-order valence-corrected chi connectivity index (χ3v) is 15.0. The fourth-order valence-corrected chi connectivity index (χ4v) is 9.92. The zero-order valence-corrected chi connectivity index (χ0v) is 48.5. The lowest BCUT2D eigenvalue weighted by Crippen LogP contribution is -2.60. The number of esters is 1. The van der Waals surface area contributed by atoms with Gasteiger partial charge in [-0.3, -0.25) is 9.59 Å². The molecule has 11 nitrogen and oxygen atoms in total. The van der Waals surface area contributed by atoms with Crippen LogP contribution in [-0.4, -0.2) is 100 Å². The summed E-state index contributed by atoms with van der Waals surface area (Å²) in [6.07, 6.45) is 56.9. The van der Waals surface area contributed by atoms with Crippen LogP contribution >= 0.6 is 0 Å². The van der Waals surface area contributed by atoms with Crippen LogP contribution in [0.2, 0.25) is 0 Å². The number of amides is 1. The van der Waals surface area contributed by atoms with Gasteiger partial charge in [0.15, 0.2) is 6.29 Å². The van der Waals surface area contributed by atoms with E-state index < -0.39 is 49.5 Å². The molecule has 0 bridgehead atoms. The molecule has 0 aliphatic carbocycles. The Labute approximate surface area is 460 Å². The van der Waals surface area contributed by atoms with Gasteiger partial charge in [0.25, 0.3) is 0 Å². The van der Waals surface area contributed by atoms with Crippen molar-refractivity contribution in [3.63, 3.8) is 0 Å². The van der Waals surface area contributed by atoms with E-state index in [1.807, 2.05) is 6.08 Å². The van der Waals surface area contributed by atoms with E-state index in [1.54, 1.807) is 6.08 Å². The van der Waals surface area contributed by atoms with Crippen LogP contribution in [0, 0.1) is 0 Å². The highest BCUT2D eigenvalue weighted by molar-refractivity contribution is 5.76. The van der Waals surface area contributed by atoms with Gasteiger partial charge in [-0.15, -0.1) is 0 Å². The maximum atomic E-state index is 13.0. The fourth-order valence-electron chi connectivity index (χ4n) is 9.92. The van der Waals surface area contributed by atoms with E-state index in [2.05, 4.69) is 43.5 Å². The second-order valence-electron chi connectivity index (χ2n) is 22.1. The van der Waals surface area contributed by atoms with Crippen molar-refractivity contribution in [3.8, 4) is 0 Å². The highest BCUT2D eigenvalue weighted by atomic mass is 16.7. The molecule has 0 spiro atoms. The summed E-state index contributed by atoms with van der Waals surface area (Å²) < 4.78 is 16.7. The Balaban J connectivity index is 2.02. The molecule has 1 heterocycles. The number of hydrogen-bond acceptors (Lipinski definition) is 10. The largest absolute Gasteiger partial charge is 0.466 e. The van der Waals surface area contributed by atoms with E-state index >= 15 is 0 Å². The molecular formula is C64H119NO10. The van der Waals surface area contributed by atoms with Crippen molar-refractivity contribution in [1.29, 1.82) is 0 Å². The predicted molar refractivity (Wildman–Crippen MR) is 311 cm³/mol. The number of carbonyl (C=O) groups is 2. The van der Waals surface area contributed by atoms with E-state index in [1.165, 1.54) is 205 Å². The van der Waals surface area contributed by atoms with Crippen molar-refractivity contribution in [2.24, 2.45) is 0 Å². The van der Waals surface area contributed by atoms with Crippen LogP contribution in [0.25, 0.3) is 0 Å². The number of allylic oxidation sites excluding steroid dienone is 5. The molecule has 0 saturated carbocycles. The summed E-state index contributed by atoms with van der Waals surface area (Å²) in [7, 11) is 0. The summed E-state index contributed by atoms with van der Waals surface area (Å²) in [4.78, 5) is 25.0. The standard InChI is InChI=1S/C64H119NO10/c1-3-5-7-9-11-13-30-34-38-42-46-50-57(67)56(55-74-64-63(72)62(71)61(70)58(54-66)75-64)65-59(68)51-47-43-39-35-32-28-26-24-22-20-18-16-15-17-19-21-23-25-27-29-33-37-41-45-49-53-73-60(69)52-48-44-40-36-31-14-12-10-8-6-4-2/h16,18,30,34,46,50,56-58,61-64,66-67,70-72H,3-15,17,19-29,31-33,35-45,47-49,51-55H2,1-2H3,(H,65,68)/b18-16-,34-30+,50-46+. The molecular weight excluding hydrogens is 943 g/mol. The van der Waals surface area contributed by atoms with Gasteiger partial charge in [0.05, 0.1) is 32.0 Å². The number of rotatable bonds is 55. The molecule has 6 N–H and O–H groups in total. The van der Waals surface area contributed by atoms with Gasteiger partial charge in [-0.25, -0.2) is 0 Å². The Morgan fingerprint density at radius 1 is 0.480 bits per heavy atom. The molecule has 1 fully saturated rings. The van der Waals surface area contributed by atoms with Gasteiger partial charge in [-0.05, 0) is 70.6 Å². The third-order valence-electron chi connectivity index (χ3n) is 15.0. The Kier molecular flexibility index (Phi) is 50.9. The van der Waals surface area contributed by atoms with E-state index in [0.29, 0.717) is 19.4 Å². The summed E-state index contributed by atoms with van der Waals surface area (Å²) in [6.45, 7) is 4.31. The second kappa shape index (κ2) is 53.9. The van der Waals surface area contributed by atoms with Crippen LogP contribution in [0.15, 0.2) is 36.5 Å². The summed E-state index contributed by atoms with van der Waals surface area (Å²) >= 11 is 0. The van der Waals surface area contributed by atoms with E-state index in [-0.39, 0.29) is 18.5 Å². The van der Waals surface area contributed by atoms with Crippen molar-refractivity contribution in [2.75, 3.05) is 19.8 Å². The van der Waals surface area contributed by atoms with Crippen molar-refractivity contribution in [2.45, 2.75) is 339 Å². The Bertz CT molecular complexity index is 1340. The van der Waals surface area contributed by atoms with E-state index in [0.717, 1.165) is 64.2 Å². The smallest absolute Gasteiger partial charge is 0.305 e. The van der Waals surface area contributed by atoms with Crippen LogP contribution in [-0.2, 0) is 23.8 Å². The number of aliphatic hydroxyl groups is 5. The van der Waals surface area contributed by atoms with Crippen LogP contribution in [0.1, 0.15) is 296 Å². The van der Waals surface area contributed by atoms with Crippen molar-refractivity contribution in [1.82, 2.24) is 5.32 Å². The fraction of sp³-hybridized carbons (Fsp3) is 0.875. The van der Waals surface area contributed by atoms with Crippen LogP contribution in [0.4, 0.5) is 0 Å². The molecule has 440 valence electrons. The number of hydrogen-bond donors (Lipinski definition) is 6. The zero-order chi connectivity index (χ0) is 54.5. The molecule has 75 heavy (non-hydrogen) atoms. The molecule has 0 aromatic heterocycles. The number of carbonyl (C=O) groups excluding carboxylic acids is 2. The van der Waals surface area contributed by atoms with Gasteiger partial charge in [0, 0.05) is 12.8 Å². The van der Waals surface area contributed by atoms with Gasteiger partial charge in [-0.2, -0.15) is 0 Å². The molecule has 1 rings (SSSR count). The number of aliphatic hydroxyl groups excluding tert-OH is 5. The monoisotopic (exact) mass is 1060 g/mol. The van der Waals surface area contributed by atoms with E-state index in [9.17, 15) is 35.1 Å². The number of nitrogens with one attached hydrogen (secondary N) is 1. The first-order valence-electron chi connectivity index (χ1n) is 31.8. The SMILES string of the molecule is CCCCCCC/C=C/CC/C=C/C(O)C(COC1OC(CO)C(O)C(O)C1O)NC(=O)CCCCCCCCCCC/C=C\CCCCCCCCCCCCCCOC(=O)CCCCCCCCCCCCC. The molecule has 0 radical (unpaired) electrons. The number of ether oxygens (including phenoxy) is 3. The van der Waals surface area contributed by atoms with Gasteiger partial charge in [0.1, 0.15) is 24.4 Å². The summed E-state index contributed by atoms with van der Waals surface area (Å²) in [6, 6.07) is -0.829. The maximum absolute atomic E-state index is 13.0. The summed E-state index contributed by atoms with van der Waals surface area (Å²) in [5.74, 6) is -0.194. The third kappa shape index (κ3) is 43.4. The van der Waals surface area contributed by atoms with E-state index in [4.69, 9.17) is 14.2 Å². The first kappa shape index (κ1) is 70.9. The second-order valence-corrected chi connectivity index (χ2v) is 22.1.